The van der Waals surface area contributed by atoms with Gasteiger partial charge in [0.15, 0.2) is 5.54 Å². The van der Waals surface area contributed by atoms with E-state index in [0.717, 1.165) is 33.0 Å². The van der Waals surface area contributed by atoms with Crippen LogP contribution < -0.4 is 10.6 Å². The highest BCUT2D eigenvalue weighted by Gasteiger charge is 2.49. The molecular formula is C29H23FN4O2S. The number of fused-ring (bicyclic) bond motifs is 1. The fourth-order valence-electron chi connectivity index (χ4n) is 5.06. The minimum Gasteiger partial charge on any atom is -0.364 e. The number of carbonyl (C=O) groups is 2. The molecule has 3 amide bonds. The van der Waals surface area contributed by atoms with Crippen LogP contribution in [0.3, 0.4) is 0 Å². The summed E-state index contributed by atoms with van der Waals surface area (Å²) in [4.78, 5) is 31.9. The van der Waals surface area contributed by atoms with Gasteiger partial charge in [0, 0.05) is 28.7 Å². The van der Waals surface area contributed by atoms with Crippen molar-refractivity contribution in [3.8, 4) is 22.4 Å². The maximum atomic E-state index is 13.8. The number of nitrogens with one attached hydrogen (secondary N) is 2. The van der Waals surface area contributed by atoms with Gasteiger partial charge in [-0.15, -0.1) is 11.3 Å². The summed E-state index contributed by atoms with van der Waals surface area (Å²) in [5, 5.41) is 8.29. The molecule has 1 aromatic heterocycles. The van der Waals surface area contributed by atoms with Crippen molar-refractivity contribution >= 4 is 29.0 Å². The van der Waals surface area contributed by atoms with Crippen molar-refractivity contribution in [3.05, 3.63) is 106 Å². The van der Waals surface area contributed by atoms with Crippen molar-refractivity contribution in [3.63, 3.8) is 0 Å². The molecule has 0 bridgehead atoms. The summed E-state index contributed by atoms with van der Waals surface area (Å²) in [7, 11) is 0. The quantitative estimate of drug-likeness (QED) is 0.351. The number of amides is 3. The van der Waals surface area contributed by atoms with E-state index in [2.05, 4.69) is 28.3 Å². The van der Waals surface area contributed by atoms with E-state index in [0.29, 0.717) is 23.4 Å². The highest BCUT2D eigenvalue weighted by molar-refractivity contribution is 7.09. The normalized spacial score (nSPS) is 18.6. The summed E-state index contributed by atoms with van der Waals surface area (Å²) < 4.78 is 13.8. The predicted octanol–water partition coefficient (Wildman–Crippen LogP) is 5.45. The third kappa shape index (κ3) is 3.99. The molecule has 0 spiro atoms. The van der Waals surface area contributed by atoms with Crippen LogP contribution in [0.2, 0.25) is 0 Å². The van der Waals surface area contributed by atoms with E-state index in [4.69, 9.17) is 0 Å². The average Bonchev–Trinajstić information content (AvgIpc) is 3.55. The monoisotopic (exact) mass is 510 g/mol. The first-order chi connectivity index (χ1) is 17.8. The van der Waals surface area contributed by atoms with Crippen molar-refractivity contribution in [2.75, 3.05) is 6.54 Å². The van der Waals surface area contributed by atoms with Gasteiger partial charge in [-0.1, -0.05) is 55.1 Å². The molecule has 3 aromatic carbocycles. The molecule has 37 heavy (non-hydrogen) atoms. The first-order valence-electron chi connectivity index (χ1n) is 11.8. The number of carbonyl (C=O) groups excluding carboxylic acids is 2. The van der Waals surface area contributed by atoms with Crippen LogP contribution in [0, 0.1) is 12.7 Å². The molecule has 0 aliphatic carbocycles. The number of urea groups is 1. The highest BCUT2D eigenvalue weighted by atomic mass is 32.1. The van der Waals surface area contributed by atoms with Gasteiger partial charge in [-0.2, -0.15) is 0 Å². The minimum absolute atomic E-state index is 0.164. The largest absolute Gasteiger partial charge is 0.364 e. The Balaban J connectivity index is 1.32. The van der Waals surface area contributed by atoms with Crippen LogP contribution in [0.15, 0.2) is 78.7 Å². The summed E-state index contributed by atoms with van der Waals surface area (Å²) in [5.74, 6) is -0.769. The van der Waals surface area contributed by atoms with Crippen molar-refractivity contribution in [1.29, 1.82) is 0 Å². The van der Waals surface area contributed by atoms with Gasteiger partial charge in [-0.05, 0) is 47.4 Å². The van der Waals surface area contributed by atoms with Crippen molar-refractivity contribution < 1.29 is 14.0 Å². The Bertz CT molecular complexity index is 1580. The van der Waals surface area contributed by atoms with Crippen molar-refractivity contribution in [2.24, 2.45) is 0 Å². The second-order valence-corrected chi connectivity index (χ2v) is 10.4. The van der Waals surface area contributed by atoms with E-state index in [1.165, 1.54) is 12.1 Å². The van der Waals surface area contributed by atoms with Gasteiger partial charge in [0.1, 0.15) is 5.82 Å². The van der Waals surface area contributed by atoms with Crippen LogP contribution in [0.25, 0.3) is 28.1 Å². The van der Waals surface area contributed by atoms with Gasteiger partial charge in [0.2, 0.25) is 0 Å². The van der Waals surface area contributed by atoms with Crippen molar-refractivity contribution in [1.82, 2.24) is 20.5 Å². The smallest absolute Gasteiger partial charge is 0.322 e. The molecule has 0 unspecified atom stereocenters. The number of imide groups is 1. The van der Waals surface area contributed by atoms with Gasteiger partial charge in [-0.3, -0.25) is 10.1 Å². The zero-order valence-corrected chi connectivity index (χ0v) is 20.9. The van der Waals surface area contributed by atoms with Crippen LogP contribution in [-0.4, -0.2) is 28.4 Å². The zero-order valence-electron chi connectivity index (χ0n) is 20.0. The molecule has 184 valence electrons. The molecule has 6 rings (SSSR count). The standard InChI is InChI=1S/C29H23FN4O2S/c1-17-25-13-24(30)11-8-22(25)14-34(17)16-29(27(35)32-28(36)33-29)23-9-6-19(7-10-23)20-4-3-5-21(12-20)26-15-37-18(2)31-26/h3-13,15H,1,14,16H2,2H3,(H2,32,33,35,36)/t29-/m1/s1. The number of hydrogen-bond acceptors (Lipinski definition) is 5. The minimum atomic E-state index is -1.31. The number of rotatable bonds is 5. The molecule has 1 atom stereocenters. The summed E-state index contributed by atoms with van der Waals surface area (Å²) >= 11 is 1.61. The number of aromatic nitrogens is 1. The van der Waals surface area contributed by atoms with Crippen LogP contribution in [0.4, 0.5) is 9.18 Å². The number of nitrogens with zero attached hydrogens (tertiary/aromatic N) is 2. The Morgan fingerprint density at radius 2 is 1.84 bits per heavy atom. The van der Waals surface area contributed by atoms with E-state index in [1.807, 2.05) is 59.7 Å². The molecule has 3 heterocycles. The Labute approximate surface area is 217 Å². The molecule has 2 aliphatic heterocycles. The number of hydrogen-bond donors (Lipinski definition) is 2. The first-order valence-corrected chi connectivity index (χ1v) is 12.7. The van der Waals surface area contributed by atoms with E-state index in [1.54, 1.807) is 17.4 Å². The van der Waals surface area contributed by atoms with Crippen LogP contribution >= 0.6 is 11.3 Å². The van der Waals surface area contributed by atoms with Crippen LogP contribution in [0.1, 0.15) is 21.7 Å². The molecule has 1 fully saturated rings. The molecule has 6 nitrogen and oxygen atoms in total. The van der Waals surface area contributed by atoms with E-state index in [9.17, 15) is 14.0 Å². The fourth-order valence-corrected chi connectivity index (χ4v) is 5.69. The Kier molecular flexibility index (Phi) is 5.42. The molecule has 8 heteroatoms. The second-order valence-electron chi connectivity index (χ2n) is 9.33. The lowest BCUT2D eigenvalue weighted by Crippen LogP contribution is -2.51. The zero-order chi connectivity index (χ0) is 25.7. The van der Waals surface area contributed by atoms with Gasteiger partial charge >= 0.3 is 6.03 Å². The Morgan fingerprint density at radius 3 is 2.54 bits per heavy atom. The number of aryl methyl sites for hydroxylation is 1. The van der Waals surface area contributed by atoms with Gasteiger partial charge in [-0.25, -0.2) is 14.2 Å². The lowest BCUT2D eigenvalue weighted by Gasteiger charge is -2.33. The topological polar surface area (TPSA) is 74.3 Å². The summed E-state index contributed by atoms with van der Waals surface area (Å²) in [6, 6.07) is 19.8. The Morgan fingerprint density at radius 1 is 1.05 bits per heavy atom. The van der Waals surface area contributed by atoms with Gasteiger partial charge in [0.25, 0.3) is 5.91 Å². The molecule has 2 aliphatic rings. The molecule has 2 N–H and O–H groups in total. The van der Waals surface area contributed by atoms with E-state index < -0.39 is 17.5 Å². The SMILES string of the molecule is C=C1c2cc(F)ccc2CN1C[C@]1(c2ccc(-c3cccc(-c4csc(C)n4)c3)cc2)NC(=O)NC1=O. The first kappa shape index (κ1) is 23.1. The summed E-state index contributed by atoms with van der Waals surface area (Å²) in [5.41, 5.74) is 5.58. The number of thiazole rings is 1. The van der Waals surface area contributed by atoms with Crippen LogP contribution in [0.5, 0.6) is 0 Å². The third-order valence-corrected chi connectivity index (χ3v) is 7.76. The third-order valence-electron chi connectivity index (χ3n) is 6.98. The molecule has 1 saturated heterocycles. The maximum absolute atomic E-state index is 13.8. The van der Waals surface area contributed by atoms with Gasteiger partial charge in [0.05, 0.1) is 17.2 Å². The van der Waals surface area contributed by atoms with E-state index in [-0.39, 0.29) is 12.4 Å². The van der Waals surface area contributed by atoms with Gasteiger partial charge < -0.3 is 10.2 Å². The number of benzene rings is 3. The Hall–Kier alpha value is -4.30. The highest BCUT2D eigenvalue weighted by Crippen LogP contribution is 2.37. The molecule has 0 radical (unpaired) electrons. The fraction of sp³-hybridized carbons (Fsp3) is 0.138. The lowest BCUT2D eigenvalue weighted by atomic mass is 9.87. The lowest BCUT2D eigenvalue weighted by molar-refractivity contribution is -0.124. The number of halogens is 1. The molecular weight excluding hydrogens is 487 g/mol. The van der Waals surface area contributed by atoms with Crippen LogP contribution in [-0.2, 0) is 16.9 Å². The predicted molar refractivity (Wildman–Crippen MR) is 142 cm³/mol. The molecule has 4 aromatic rings. The van der Waals surface area contributed by atoms with E-state index >= 15 is 0 Å². The van der Waals surface area contributed by atoms with Crippen molar-refractivity contribution in [2.45, 2.75) is 19.0 Å². The summed E-state index contributed by atoms with van der Waals surface area (Å²) in [6.07, 6.45) is 0. The average molecular weight is 511 g/mol. The summed E-state index contributed by atoms with van der Waals surface area (Å²) in [6.45, 7) is 6.75. The maximum Gasteiger partial charge on any atom is 0.322 e. The second kappa shape index (κ2) is 8.67. The molecule has 0 saturated carbocycles.